The van der Waals surface area contributed by atoms with Crippen molar-refractivity contribution >= 4 is 10.0 Å². The number of hydrogen-bond donors (Lipinski definition) is 1. The Kier molecular flexibility index (Phi) is 2.35. The van der Waals surface area contributed by atoms with Crippen LogP contribution in [0.15, 0.2) is 17.6 Å². The topological polar surface area (TPSA) is 66.1 Å². The largest absolute Gasteiger partial charge is 0.335 e. The number of aromatic amines is 1. The van der Waals surface area contributed by atoms with E-state index in [1.165, 1.54) is 16.8 Å². The maximum atomic E-state index is 12.0. The third-order valence-corrected chi connectivity index (χ3v) is 4.50. The van der Waals surface area contributed by atoms with E-state index >= 15 is 0 Å². The lowest BCUT2D eigenvalue weighted by Crippen LogP contribution is -2.30. The molecule has 0 aromatic carbocycles. The summed E-state index contributed by atoms with van der Waals surface area (Å²) >= 11 is 0. The molecular weight excluding hydrogens is 214 g/mol. The molecule has 0 atom stereocenters. The molecule has 1 aliphatic rings. The summed E-state index contributed by atoms with van der Waals surface area (Å²) in [5.41, 5.74) is 0.0765. The number of nitrogens with one attached hydrogen (secondary N) is 1. The van der Waals surface area contributed by atoms with Crippen LogP contribution in [0.1, 0.15) is 20.3 Å². The van der Waals surface area contributed by atoms with E-state index < -0.39 is 10.0 Å². The van der Waals surface area contributed by atoms with Crippen LogP contribution in [0.3, 0.4) is 0 Å². The van der Waals surface area contributed by atoms with Crippen molar-refractivity contribution in [3.05, 3.63) is 12.5 Å². The van der Waals surface area contributed by atoms with Gasteiger partial charge in [0, 0.05) is 13.1 Å². The van der Waals surface area contributed by atoms with E-state index in [-0.39, 0.29) is 10.4 Å². The van der Waals surface area contributed by atoms with Crippen LogP contribution >= 0.6 is 0 Å². The van der Waals surface area contributed by atoms with Crippen LogP contribution in [-0.2, 0) is 10.0 Å². The van der Waals surface area contributed by atoms with Crippen molar-refractivity contribution in [2.45, 2.75) is 25.3 Å². The molecule has 2 rings (SSSR count). The Morgan fingerprint density at radius 2 is 2.27 bits per heavy atom. The first kappa shape index (κ1) is 10.6. The van der Waals surface area contributed by atoms with Crippen LogP contribution < -0.4 is 0 Å². The second kappa shape index (κ2) is 3.31. The molecule has 1 aromatic heterocycles. The lowest BCUT2D eigenvalue weighted by Gasteiger charge is -2.18. The van der Waals surface area contributed by atoms with Crippen LogP contribution in [0.5, 0.6) is 0 Å². The maximum absolute atomic E-state index is 12.0. The lowest BCUT2D eigenvalue weighted by molar-refractivity contribution is 0.375. The van der Waals surface area contributed by atoms with Gasteiger partial charge in [0.2, 0.25) is 0 Å². The van der Waals surface area contributed by atoms with Crippen molar-refractivity contribution in [3.8, 4) is 0 Å². The Morgan fingerprint density at radius 1 is 1.53 bits per heavy atom. The first-order valence-electron chi connectivity index (χ1n) is 4.90. The molecule has 0 saturated carbocycles. The predicted molar refractivity (Wildman–Crippen MR) is 55.7 cm³/mol. The van der Waals surface area contributed by atoms with Gasteiger partial charge >= 0.3 is 0 Å². The fourth-order valence-corrected chi connectivity index (χ4v) is 3.32. The maximum Gasteiger partial charge on any atom is 0.260 e. The van der Waals surface area contributed by atoms with Crippen LogP contribution in [0.2, 0.25) is 0 Å². The molecule has 15 heavy (non-hydrogen) atoms. The van der Waals surface area contributed by atoms with Crippen LogP contribution in [-0.4, -0.2) is 35.8 Å². The van der Waals surface area contributed by atoms with Crippen LogP contribution in [0, 0.1) is 5.41 Å². The summed E-state index contributed by atoms with van der Waals surface area (Å²) in [6.45, 7) is 5.33. The van der Waals surface area contributed by atoms with Gasteiger partial charge in [0.25, 0.3) is 10.0 Å². The fraction of sp³-hybridized carbons (Fsp3) is 0.667. The number of sulfonamides is 1. The Morgan fingerprint density at radius 3 is 2.73 bits per heavy atom. The third-order valence-electron chi connectivity index (χ3n) is 2.73. The highest BCUT2D eigenvalue weighted by molar-refractivity contribution is 7.89. The minimum absolute atomic E-state index is 0.0765. The molecule has 0 spiro atoms. The van der Waals surface area contributed by atoms with Crippen LogP contribution in [0.4, 0.5) is 0 Å². The van der Waals surface area contributed by atoms with Crippen molar-refractivity contribution in [3.63, 3.8) is 0 Å². The summed E-state index contributed by atoms with van der Waals surface area (Å²) in [5, 5.41) is 0.181. The normalized spacial score (nSPS) is 22.0. The summed E-state index contributed by atoms with van der Waals surface area (Å²) in [6.07, 6.45) is 3.63. The van der Waals surface area contributed by atoms with Crippen molar-refractivity contribution in [2.75, 3.05) is 13.1 Å². The fourth-order valence-electron chi connectivity index (χ4n) is 1.79. The van der Waals surface area contributed by atoms with E-state index in [0.717, 1.165) is 6.42 Å². The van der Waals surface area contributed by atoms with Crippen molar-refractivity contribution in [2.24, 2.45) is 5.41 Å². The van der Waals surface area contributed by atoms with Crippen LogP contribution in [0.25, 0.3) is 0 Å². The summed E-state index contributed by atoms with van der Waals surface area (Å²) < 4.78 is 25.6. The molecule has 5 nitrogen and oxygen atoms in total. The van der Waals surface area contributed by atoms with Gasteiger partial charge in [-0.05, 0) is 11.8 Å². The van der Waals surface area contributed by atoms with Crippen molar-refractivity contribution in [1.82, 2.24) is 14.3 Å². The van der Waals surface area contributed by atoms with Gasteiger partial charge in [-0.3, -0.25) is 0 Å². The second-order valence-corrected chi connectivity index (χ2v) is 6.58. The van der Waals surface area contributed by atoms with Gasteiger partial charge in [0.15, 0.2) is 5.03 Å². The number of hydrogen-bond acceptors (Lipinski definition) is 3. The molecule has 1 N–H and O–H groups in total. The SMILES string of the molecule is CC1(C)CCN(S(=O)(=O)c2cnc[nH]2)C1. The van der Waals surface area contributed by atoms with E-state index in [1.54, 1.807) is 0 Å². The smallest absolute Gasteiger partial charge is 0.260 e. The molecule has 1 aliphatic heterocycles. The van der Waals surface area contributed by atoms with Gasteiger partial charge in [0.05, 0.1) is 12.5 Å². The molecule has 0 bridgehead atoms. The number of imidazole rings is 1. The second-order valence-electron chi connectivity index (χ2n) is 4.67. The number of rotatable bonds is 2. The standard InChI is InChI=1S/C9H15N3O2S/c1-9(2)3-4-12(6-9)15(13,14)8-5-10-7-11-8/h5,7H,3-4,6H2,1-2H3,(H,10,11). The summed E-state index contributed by atoms with van der Waals surface area (Å²) in [7, 11) is -3.35. The van der Waals surface area contributed by atoms with E-state index in [9.17, 15) is 8.42 Å². The highest BCUT2D eigenvalue weighted by Gasteiger charge is 2.37. The first-order chi connectivity index (χ1) is 6.92. The number of nitrogens with zero attached hydrogens (tertiary/aromatic N) is 2. The minimum Gasteiger partial charge on any atom is -0.335 e. The van der Waals surface area contributed by atoms with Crippen molar-refractivity contribution < 1.29 is 8.42 Å². The zero-order valence-corrected chi connectivity index (χ0v) is 9.71. The quantitative estimate of drug-likeness (QED) is 0.817. The molecule has 6 heteroatoms. The van der Waals surface area contributed by atoms with E-state index in [1.807, 2.05) is 0 Å². The molecule has 84 valence electrons. The molecule has 0 amide bonds. The molecule has 0 aliphatic carbocycles. The number of H-pyrrole nitrogens is 1. The Balaban J connectivity index is 2.26. The summed E-state index contributed by atoms with van der Waals surface area (Å²) in [4.78, 5) is 6.38. The molecule has 0 unspecified atom stereocenters. The zero-order valence-electron chi connectivity index (χ0n) is 8.90. The molecule has 0 radical (unpaired) electrons. The molecule has 1 saturated heterocycles. The van der Waals surface area contributed by atoms with Gasteiger partial charge in [0.1, 0.15) is 0 Å². The van der Waals surface area contributed by atoms with Gasteiger partial charge in [-0.2, -0.15) is 4.31 Å². The Hall–Kier alpha value is -0.880. The average molecular weight is 229 g/mol. The Labute approximate surface area is 89.6 Å². The van der Waals surface area contributed by atoms with E-state index in [4.69, 9.17) is 0 Å². The first-order valence-corrected chi connectivity index (χ1v) is 6.34. The average Bonchev–Trinajstić information content (AvgIpc) is 2.72. The zero-order chi connectivity index (χ0) is 11.1. The van der Waals surface area contributed by atoms with Crippen molar-refractivity contribution in [1.29, 1.82) is 0 Å². The van der Waals surface area contributed by atoms with Gasteiger partial charge in [-0.1, -0.05) is 13.8 Å². The highest BCUT2D eigenvalue weighted by Crippen LogP contribution is 2.31. The van der Waals surface area contributed by atoms with E-state index in [0.29, 0.717) is 13.1 Å². The van der Waals surface area contributed by atoms with Gasteiger partial charge < -0.3 is 4.98 Å². The van der Waals surface area contributed by atoms with Gasteiger partial charge in [-0.15, -0.1) is 0 Å². The summed E-state index contributed by atoms with van der Waals surface area (Å²) in [5.74, 6) is 0. The van der Waals surface area contributed by atoms with E-state index in [2.05, 4.69) is 23.8 Å². The summed E-state index contributed by atoms with van der Waals surface area (Å²) in [6, 6.07) is 0. The molecule has 1 fully saturated rings. The third kappa shape index (κ3) is 1.91. The minimum atomic E-state index is -3.35. The molecule has 1 aromatic rings. The molecular formula is C9H15N3O2S. The lowest BCUT2D eigenvalue weighted by atomic mass is 9.93. The number of aromatic nitrogens is 2. The monoisotopic (exact) mass is 229 g/mol. The highest BCUT2D eigenvalue weighted by atomic mass is 32.2. The predicted octanol–water partition coefficient (Wildman–Crippen LogP) is 0.830. The van der Waals surface area contributed by atoms with Gasteiger partial charge in [-0.25, -0.2) is 13.4 Å². The molecule has 2 heterocycles. The Bertz CT molecular complexity index is 436.